The van der Waals surface area contributed by atoms with Crippen molar-refractivity contribution in [1.82, 2.24) is 9.62 Å². The quantitative estimate of drug-likeness (QED) is 0.884. The highest BCUT2D eigenvalue weighted by molar-refractivity contribution is 7.89. The van der Waals surface area contributed by atoms with Gasteiger partial charge in [0.05, 0.1) is 4.90 Å². The van der Waals surface area contributed by atoms with E-state index in [0.717, 1.165) is 24.0 Å². The van der Waals surface area contributed by atoms with Gasteiger partial charge in [-0.2, -0.15) is 4.31 Å². The number of nitrogens with zero attached hydrogens (tertiary/aromatic N) is 1. The molecule has 1 N–H and O–H groups in total. The summed E-state index contributed by atoms with van der Waals surface area (Å²) in [4.78, 5) is 0.377. The van der Waals surface area contributed by atoms with Crippen LogP contribution in [0, 0.1) is 0 Å². The summed E-state index contributed by atoms with van der Waals surface area (Å²) in [6.45, 7) is 1.29. The minimum absolute atomic E-state index is 0. The summed E-state index contributed by atoms with van der Waals surface area (Å²) in [7, 11) is -1.59. The van der Waals surface area contributed by atoms with Crippen molar-refractivity contribution in [3.8, 4) is 11.1 Å². The van der Waals surface area contributed by atoms with E-state index in [4.69, 9.17) is 0 Å². The Bertz CT molecular complexity index is 766. The lowest BCUT2D eigenvalue weighted by molar-refractivity contribution is 0.379. The zero-order chi connectivity index (χ0) is 16.3. The van der Waals surface area contributed by atoms with E-state index < -0.39 is 10.0 Å². The highest BCUT2D eigenvalue weighted by Gasteiger charge is 2.34. The van der Waals surface area contributed by atoms with Crippen molar-refractivity contribution in [2.24, 2.45) is 0 Å². The van der Waals surface area contributed by atoms with Gasteiger partial charge in [-0.25, -0.2) is 8.42 Å². The molecule has 24 heavy (non-hydrogen) atoms. The van der Waals surface area contributed by atoms with Crippen LogP contribution in [0.1, 0.15) is 12.8 Å². The fraction of sp³-hybridized carbons (Fsp3) is 0.333. The molecule has 3 rings (SSSR count). The number of rotatable bonds is 5. The van der Waals surface area contributed by atoms with Crippen molar-refractivity contribution in [3.63, 3.8) is 0 Å². The Morgan fingerprint density at radius 3 is 2.50 bits per heavy atom. The summed E-state index contributed by atoms with van der Waals surface area (Å²) in [5.74, 6) is 0. The molecule has 1 atom stereocenters. The van der Waals surface area contributed by atoms with Gasteiger partial charge in [-0.3, -0.25) is 0 Å². The second-order valence-corrected chi connectivity index (χ2v) is 7.75. The number of nitrogens with one attached hydrogen (secondary N) is 1. The molecule has 1 fully saturated rings. The molecule has 6 heteroatoms. The highest BCUT2D eigenvalue weighted by Crippen LogP contribution is 2.28. The van der Waals surface area contributed by atoms with Crippen LogP contribution in [0.2, 0.25) is 0 Å². The van der Waals surface area contributed by atoms with Crippen molar-refractivity contribution < 1.29 is 8.42 Å². The van der Waals surface area contributed by atoms with Gasteiger partial charge >= 0.3 is 0 Å². The van der Waals surface area contributed by atoms with Crippen molar-refractivity contribution in [2.75, 3.05) is 20.1 Å². The van der Waals surface area contributed by atoms with E-state index in [2.05, 4.69) is 5.32 Å². The van der Waals surface area contributed by atoms with E-state index in [1.54, 1.807) is 16.4 Å². The lowest BCUT2D eigenvalue weighted by atomic mass is 10.1. The molecular formula is C18H23ClN2O2S. The molecule has 130 valence electrons. The largest absolute Gasteiger partial charge is 0.318 e. The summed E-state index contributed by atoms with van der Waals surface area (Å²) in [6.07, 6.45) is 1.84. The number of hydrogen-bond acceptors (Lipinski definition) is 3. The van der Waals surface area contributed by atoms with Gasteiger partial charge in [0.25, 0.3) is 0 Å². The number of benzene rings is 2. The molecule has 1 unspecified atom stereocenters. The van der Waals surface area contributed by atoms with Crippen molar-refractivity contribution >= 4 is 22.4 Å². The fourth-order valence-electron chi connectivity index (χ4n) is 3.17. The van der Waals surface area contributed by atoms with Crippen molar-refractivity contribution in [3.05, 3.63) is 54.6 Å². The molecule has 0 spiro atoms. The second kappa shape index (κ2) is 8.12. The third kappa shape index (κ3) is 3.81. The third-order valence-electron chi connectivity index (χ3n) is 4.31. The molecule has 1 saturated heterocycles. The van der Waals surface area contributed by atoms with E-state index in [1.165, 1.54) is 0 Å². The van der Waals surface area contributed by atoms with Crippen LogP contribution in [0.25, 0.3) is 11.1 Å². The minimum atomic E-state index is -3.45. The Balaban J connectivity index is 0.00000208. The van der Waals surface area contributed by atoms with E-state index in [1.807, 2.05) is 49.5 Å². The molecule has 0 saturated carbocycles. The lowest BCUT2D eigenvalue weighted by Gasteiger charge is -2.24. The van der Waals surface area contributed by atoms with E-state index in [-0.39, 0.29) is 18.4 Å². The highest BCUT2D eigenvalue weighted by atomic mass is 35.5. The molecule has 1 aliphatic rings. The van der Waals surface area contributed by atoms with Gasteiger partial charge in [0.2, 0.25) is 10.0 Å². The zero-order valence-corrected chi connectivity index (χ0v) is 15.3. The molecule has 0 aromatic heterocycles. The predicted molar refractivity (Wildman–Crippen MR) is 100.0 cm³/mol. The maximum Gasteiger partial charge on any atom is 0.243 e. The first-order valence-electron chi connectivity index (χ1n) is 7.95. The predicted octanol–water partition coefficient (Wildman–Crippen LogP) is 3.15. The molecule has 1 heterocycles. The second-order valence-electron chi connectivity index (χ2n) is 5.86. The Hall–Kier alpha value is -1.40. The Labute approximate surface area is 150 Å². The first-order valence-corrected chi connectivity index (χ1v) is 9.39. The smallest absolute Gasteiger partial charge is 0.243 e. The van der Waals surface area contributed by atoms with Gasteiger partial charge in [0.15, 0.2) is 0 Å². The maximum absolute atomic E-state index is 13.0. The van der Waals surface area contributed by atoms with Gasteiger partial charge in [0, 0.05) is 19.1 Å². The first-order chi connectivity index (χ1) is 11.1. The Kier molecular flexibility index (Phi) is 6.40. The zero-order valence-electron chi connectivity index (χ0n) is 13.7. The number of hydrogen-bond donors (Lipinski definition) is 1. The van der Waals surface area contributed by atoms with Gasteiger partial charge in [-0.1, -0.05) is 42.5 Å². The van der Waals surface area contributed by atoms with Crippen molar-refractivity contribution in [1.29, 1.82) is 0 Å². The van der Waals surface area contributed by atoms with Gasteiger partial charge in [0.1, 0.15) is 0 Å². The third-order valence-corrected chi connectivity index (χ3v) is 6.26. The van der Waals surface area contributed by atoms with Gasteiger partial charge in [-0.05, 0) is 43.1 Å². The summed E-state index contributed by atoms with van der Waals surface area (Å²) >= 11 is 0. The van der Waals surface area contributed by atoms with Crippen LogP contribution in [0.3, 0.4) is 0 Å². The molecule has 1 aliphatic heterocycles. The monoisotopic (exact) mass is 366 g/mol. The molecule has 2 aromatic carbocycles. The summed E-state index contributed by atoms with van der Waals surface area (Å²) in [5.41, 5.74) is 1.95. The standard InChI is InChI=1S/C18H22N2O2S.ClH/c1-19-14-17-10-6-12-20(17)23(21,22)18-11-5-9-16(13-18)15-7-3-2-4-8-15;/h2-5,7-9,11,13,17,19H,6,10,12,14H2,1H3;1H. The molecule has 0 aliphatic carbocycles. The molecular weight excluding hydrogens is 344 g/mol. The van der Waals surface area contributed by atoms with Crippen LogP contribution in [-0.4, -0.2) is 38.9 Å². The summed E-state index contributed by atoms with van der Waals surface area (Å²) in [5, 5.41) is 3.09. The number of halogens is 1. The maximum atomic E-state index is 13.0. The van der Waals surface area contributed by atoms with E-state index in [0.29, 0.717) is 18.0 Å². The molecule has 0 bridgehead atoms. The van der Waals surface area contributed by atoms with Crippen molar-refractivity contribution in [2.45, 2.75) is 23.8 Å². The number of likely N-dealkylation sites (N-methyl/N-ethyl adjacent to an activating group) is 1. The average molecular weight is 367 g/mol. The molecule has 2 aromatic rings. The first kappa shape index (κ1) is 18.9. The van der Waals surface area contributed by atoms with Crippen LogP contribution in [0.4, 0.5) is 0 Å². The Morgan fingerprint density at radius 2 is 1.79 bits per heavy atom. The van der Waals surface area contributed by atoms with Crippen LogP contribution in [-0.2, 0) is 10.0 Å². The van der Waals surface area contributed by atoms with E-state index >= 15 is 0 Å². The topological polar surface area (TPSA) is 49.4 Å². The Morgan fingerprint density at radius 1 is 1.08 bits per heavy atom. The lowest BCUT2D eigenvalue weighted by Crippen LogP contribution is -2.40. The number of sulfonamides is 1. The van der Waals surface area contributed by atoms with Gasteiger partial charge < -0.3 is 5.32 Å². The summed E-state index contributed by atoms with van der Waals surface area (Å²) < 4.78 is 27.6. The van der Waals surface area contributed by atoms with Crippen LogP contribution >= 0.6 is 12.4 Å². The van der Waals surface area contributed by atoms with Gasteiger partial charge in [-0.15, -0.1) is 12.4 Å². The van der Waals surface area contributed by atoms with Crippen LogP contribution in [0.15, 0.2) is 59.5 Å². The van der Waals surface area contributed by atoms with Crippen LogP contribution < -0.4 is 5.32 Å². The molecule has 0 amide bonds. The normalized spacial score (nSPS) is 18.3. The van der Waals surface area contributed by atoms with E-state index in [9.17, 15) is 8.42 Å². The summed E-state index contributed by atoms with van der Waals surface area (Å²) in [6, 6.07) is 17.1. The minimum Gasteiger partial charge on any atom is -0.318 e. The molecule has 0 radical (unpaired) electrons. The average Bonchev–Trinajstić information content (AvgIpc) is 3.05. The van der Waals surface area contributed by atoms with Crippen LogP contribution in [0.5, 0.6) is 0 Å². The molecule has 4 nitrogen and oxygen atoms in total. The fourth-order valence-corrected chi connectivity index (χ4v) is 4.91. The SMILES string of the molecule is CNCC1CCCN1S(=O)(=O)c1cccc(-c2ccccc2)c1.Cl.